The van der Waals surface area contributed by atoms with Gasteiger partial charge < -0.3 is 5.11 Å². The maximum Gasteiger partial charge on any atom is 0.155 e. The van der Waals surface area contributed by atoms with Gasteiger partial charge in [-0.1, -0.05) is 53.9 Å². The minimum absolute atomic E-state index is 0.0541. The predicted molar refractivity (Wildman–Crippen MR) is 119 cm³/mol. The summed E-state index contributed by atoms with van der Waals surface area (Å²) in [6.45, 7) is 12.2. The molecule has 4 rings (SSSR count). The molecule has 4 aliphatic carbocycles. The maximum atomic E-state index is 12.1. The second-order valence-corrected chi connectivity index (χ2v) is 12.1. The van der Waals surface area contributed by atoms with Gasteiger partial charge in [0, 0.05) is 6.42 Å². The molecule has 0 heterocycles. The van der Waals surface area contributed by atoms with E-state index in [9.17, 15) is 9.90 Å². The highest BCUT2D eigenvalue weighted by Crippen LogP contribution is 2.67. The Labute approximate surface area is 178 Å². The fourth-order valence-corrected chi connectivity index (χ4v) is 8.63. The van der Waals surface area contributed by atoms with Crippen LogP contribution >= 0.6 is 0 Å². The predicted octanol–water partition coefficient (Wildman–Crippen LogP) is 6.57. The Kier molecular flexibility index (Phi) is 5.82. The lowest BCUT2D eigenvalue weighted by Crippen LogP contribution is -2.54. The highest BCUT2D eigenvalue weighted by atomic mass is 16.3. The first kappa shape index (κ1) is 21.6. The average Bonchev–Trinajstić information content (AvgIpc) is 3.00. The van der Waals surface area contributed by atoms with E-state index in [0.717, 1.165) is 42.1 Å². The summed E-state index contributed by atoms with van der Waals surface area (Å²) in [5.74, 6) is 4.81. The third-order valence-corrected chi connectivity index (χ3v) is 10.2. The SMILES string of the molecule is CC(C)CCCC(C)[C@H]1CCC2C3CC(O)C4=CC(=O)CC[C@]4(C)C3CC[C@@]21C. The van der Waals surface area contributed by atoms with Gasteiger partial charge in [-0.2, -0.15) is 0 Å². The Morgan fingerprint density at radius 1 is 1.07 bits per heavy atom. The fraction of sp³-hybridized carbons (Fsp3) is 0.889. The molecule has 8 atom stereocenters. The molecule has 1 N–H and O–H groups in total. The number of carbonyl (C=O) groups excluding carboxylic acids is 1. The molecule has 3 saturated carbocycles. The Balaban J connectivity index is 1.53. The van der Waals surface area contributed by atoms with E-state index in [1.54, 1.807) is 0 Å². The number of fused-ring (bicyclic) bond motifs is 5. The largest absolute Gasteiger partial charge is 0.389 e. The molecule has 2 heteroatoms. The summed E-state index contributed by atoms with van der Waals surface area (Å²) in [7, 11) is 0. The van der Waals surface area contributed by atoms with Crippen molar-refractivity contribution in [2.75, 3.05) is 0 Å². The molecule has 5 unspecified atom stereocenters. The minimum Gasteiger partial charge on any atom is -0.389 e. The summed E-state index contributed by atoms with van der Waals surface area (Å²) in [6, 6.07) is 0. The van der Waals surface area contributed by atoms with Crippen LogP contribution in [0.1, 0.15) is 98.8 Å². The van der Waals surface area contributed by atoms with E-state index < -0.39 is 6.10 Å². The Hall–Kier alpha value is -0.630. The minimum atomic E-state index is -0.393. The van der Waals surface area contributed by atoms with E-state index >= 15 is 0 Å². The lowest BCUT2D eigenvalue weighted by molar-refractivity contribution is -0.119. The Morgan fingerprint density at radius 2 is 1.83 bits per heavy atom. The van der Waals surface area contributed by atoms with Crippen molar-refractivity contribution in [3.8, 4) is 0 Å². The molecule has 0 saturated heterocycles. The van der Waals surface area contributed by atoms with Crippen molar-refractivity contribution in [3.05, 3.63) is 11.6 Å². The van der Waals surface area contributed by atoms with Crippen molar-refractivity contribution in [3.63, 3.8) is 0 Å². The lowest BCUT2D eigenvalue weighted by atomic mass is 9.46. The maximum absolute atomic E-state index is 12.1. The average molecular weight is 401 g/mol. The van der Waals surface area contributed by atoms with E-state index in [-0.39, 0.29) is 11.2 Å². The van der Waals surface area contributed by atoms with Gasteiger partial charge in [-0.25, -0.2) is 0 Å². The van der Waals surface area contributed by atoms with Gasteiger partial charge >= 0.3 is 0 Å². The number of aliphatic hydroxyl groups is 1. The third kappa shape index (κ3) is 3.56. The number of carbonyl (C=O) groups is 1. The van der Waals surface area contributed by atoms with Crippen molar-refractivity contribution in [2.24, 2.45) is 46.3 Å². The molecule has 0 aromatic carbocycles. The van der Waals surface area contributed by atoms with Gasteiger partial charge in [0.1, 0.15) is 0 Å². The summed E-state index contributed by atoms with van der Waals surface area (Å²) in [5.41, 5.74) is 1.59. The van der Waals surface area contributed by atoms with Crippen molar-refractivity contribution in [1.29, 1.82) is 0 Å². The zero-order valence-corrected chi connectivity index (χ0v) is 19.5. The van der Waals surface area contributed by atoms with E-state index in [1.807, 2.05) is 6.08 Å². The topological polar surface area (TPSA) is 37.3 Å². The molecule has 4 aliphatic rings. The zero-order valence-electron chi connectivity index (χ0n) is 19.5. The van der Waals surface area contributed by atoms with Crippen LogP contribution in [0.5, 0.6) is 0 Å². The quantitative estimate of drug-likeness (QED) is 0.567. The van der Waals surface area contributed by atoms with Gasteiger partial charge in [0.2, 0.25) is 0 Å². The molecule has 0 aliphatic heterocycles. The van der Waals surface area contributed by atoms with Crippen LogP contribution in [-0.2, 0) is 4.79 Å². The lowest BCUT2D eigenvalue weighted by Gasteiger charge is -2.59. The van der Waals surface area contributed by atoms with E-state index in [1.165, 1.54) is 44.9 Å². The molecule has 0 aromatic rings. The van der Waals surface area contributed by atoms with Gasteiger partial charge in [0.05, 0.1) is 6.10 Å². The van der Waals surface area contributed by atoms with Crippen molar-refractivity contribution < 1.29 is 9.90 Å². The molecule has 0 bridgehead atoms. The van der Waals surface area contributed by atoms with Crippen LogP contribution in [0.25, 0.3) is 0 Å². The van der Waals surface area contributed by atoms with Crippen molar-refractivity contribution in [1.82, 2.24) is 0 Å². The summed E-state index contributed by atoms with van der Waals surface area (Å²) in [4.78, 5) is 12.1. The second kappa shape index (κ2) is 7.81. The highest BCUT2D eigenvalue weighted by molar-refractivity contribution is 5.91. The van der Waals surface area contributed by atoms with Crippen LogP contribution in [0.15, 0.2) is 11.6 Å². The van der Waals surface area contributed by atoms with Gasteiger partial charge in [-0.3, -0.25) is 4.79 Å². The summed E-state index contributed by atoms with van der Waals surface area (Å²) in [5, 5.41) is 11.1. The van der Waals surface area contributed by atoms with Crippen LogP contribution < -0.4 is 0 Å². The molecule has 0 aromatic heterocycles. The number of aliphatic hydroxyl groups excluding tert-OH is 1. The van der Waals surface area contributed by atoms with E-state index in [0.29, 0.717) is 23.7 Å². The number of rotatable bonds is 5. The molecule has 29 heavy (non-hydrogen) atoms. The standard InChI is InChI=1S/C27H44O2/c1-17(2)7-6-8-18(3)21-9-10-22-20-16-25(29)24-15-19(28)11-13-27(24,5)23(20)12-14-26(21,22)4/h15,17-18,20-23,25,29H,6-14,16H2,1-5H3/t18?,20?,21-,22?,23?,25?,26-,27-/m1/s1. The van der Waals surface area contributed by atoms with Gasteiger partial charge in [-0.05, 0) is 96.5 Å². The Morgan fingerprint density at radius 3 is 2.55 bits per heavy atom. The molecule has 2 nitrogen and oxygen atoms in total. The second-order valence-electron chi connectivity index (χ2n) is 12.1. The van der Waals surface area contributed by atoms with E-state index in [4.69, 9.17) is 0 Å². The first-order valence-corrected chi connectivity index (χ1v) is 12.6. The van der Waals surface area contributed by atoms with Crippen molar-refractivity contribution in [2.45, 2.75) is 105 Å². The van der Waals surface area contributed by atoms with Crippen LogP contribution in [0, 0.1) is 46.3 Å². The van der Waals surface area contributed by atoms with Gasteiger partial charge in [0.25, 0.3) is 0 Å². The van der Waals surface area contributed by atoms with E-state index in [2.05, 4.69) is 34.6 Å². The zero-order chi connectivity index (χ0) is 21.0. The van der Waals surface area contributed by atoms with Crippen LogP contribution in [-0.4, -0.2) is 17.0 Å². The summed E-state index contributed by atoms with van der Waals surface area (Å²) in [6.07, 6.45) is 13.5. The normalized spacial score (nSPS) is 45.4. The molecular formula is C27H44O2. The monoisotopic (exact) mass is 400 g/mol. The third-order valence-electron chi connectivity index (χ3n) is 10.2. The molecule has 164 valence electrons. The van der Waals surface area contributed by atoms with Crippen LogP contribution in [0.2, 0.25) is 0 Å². The number of hydrogen-bond acceptors (Lipinski definition) is 2. The van der Waals surface area contributed by atoms with Gasteiger partial charge in [-0.15, -0.1) is 0 Å². The number of ketones is 1. The molecular weight excluding hydrogens is 356 g/mol. The first-order chi connectivity index (χ1) is 13.7. The highest BCUT2D eigenvalue weighted by Gasteiger charge is 2.60. The smallest absolute Gasteiger partial charge is 0.155 e. The molecule has 0 spiro atoms. The molecule has 0 amide bonds. The van der Waals surface area contributed by atoms with Gasteiger partial charge in [0.15, 0.2) is 5.78 Å². The Bertz CT molecular complexity index is 663. The van der Waals surface area contributed by atoms with Crippen LogP contribution in [0.3, 0.4) is 0 Å². The van der Waals surface area contributed by atoms with Crippen LogP contribution in [0.4, 0.5) is 0 Å². The summed E-state index contributed by atoms with van der Waals surface area (Å²) >= 11 is 0. The number of hydrogen-bond donors (Lipinski definition) is 1. The van der Waals surface area contributed by atoms with Crippen molar-refractivity contribution >= 4 is 5.78 Å². The molecule has 3 fully saturated rings. The summed E-state index contributed by atoms with van der Waals surface area (Å²) < 4.78 is 0. The molecule has 0 radical (unpaired) electrons. The fourth-order valence-electron chi connectivity index (χ4n) is 8.63. The first-order valence-electron chi connectivity index (χ1n) is 12.6.